The lowest BCUT2D eigenvalue weighted by Crippen LogP contribution is -2.36. The molecule has 0 fully saturated rings. The zero-order valence-corrected chi connectivity index (χ0v) is 12.9. The highest BCUT2D eigenvalue weighted by Crippen LogP contribution is 2.30. The molecule has 2 rings (SSSR count). The van der Waals surface area contributed by atoms with Gasteiger partial charge in [-0.15, -0.1) is 0 Å². The van der Waals surface area contributed by atoms with Gasteiger partial charge in [0.25, 0.3) is 0 Å². The Hall–Kier alpha value is -2.14. The summed E-state index contributed by atoms with van der Waals surface area (Å²) in [5.41, 5.74) is 0.951. The monoisotopic (exact) mass is 304 g/mol. The third-order valence-corrected chi connectivity index (χ3v) is 3.58. The molecule has 0 N–H and O–H groups in total. The number of ether oxygens (including phenoxy) is 3. The first-order valence-corrected chi connectivity index (χ1v) is 7.13. The van der Waals surface area contributed by atoms with Crippen LogP contribution in [0.25, 0.3) is 0 Å². The minimum atomic E-state index is -0.474. The van der Waals surface area contributed by atoms with Crippen LogP contribution in [0.15, 0.2) is 36.4 Å². The van der Waals surface area contributed by atoms with Gasteiger partial charge in [-0.2, -0.15) is 0 Å². The van der Waals surface area contributed by atoms with E-state index in [0.29, 0.717) is 0 Å². The molecule has 1 heterocycles. The molecule has 1 aliphatic heterocycles. The molecule has 0 bridgehead atoms. The zero-order valence-electron chi connectivity index (χ0n) is 12.9. The Labute approximate surface area is 129 Å². The van der Waals surface area contributed by atoms with E-state index in [-0.39, 0.29) is 24.5 Å². The molecule has 0 saturated carbocycles. The summed E-state index contributed by atoms with van der Waals surface area (Å²) in [4.78, 5) is 22.7. The van der Waals surface area contributed by atoms with E-state index in [4.69, 9.17) is 14.2 Å². The normalized spacial score (nSPS) is 23.9. The predicted octanol–water partition coefficient (Wildman–Crippen LogP) is 2.46. The van der Waals surface area contributed by atoms with Crippen molar-refractivity contribution in [2.75, 3.05) is 13.7 Å². The highest BCUT2D eigenvalue weighted by Gasteiger charge is 2.31. The van der Waals surface area contributed by atoms with Crippen molar-refractivity contribution in [1.82, 2.24) is 0 Å². The van der Waals surface area contributed by atoms with Crippen LogP contribution >= 0.6 is 0 Å². The first kappa shape index (κ1) is 16.2. The minimum Gasteiger partial charge on any atom is -0.497 e. The molecule has 0 unspecified atom stereocenters. The molecule has 1 aliphatic rings. The van der Waals surface area contributed by atoms with Gasteiger partial charge in [-0.05, 0) is 24.6 Å². The Morgan fingerprint density at radius 2 is 1.82 bits per heavy atom. The average Bonchev–Trinajstić information content (AvgIpc) is 2.52. The number of hydrogen-bond donors (Lipinski definition) is 0. The van der Waals surface area contributed by atoms with Crippen LogP contribution in [0.3, 0.4) is 0 Å². The highest BCUT2D eigenvalue weighted by atomic mass is 16.6. The summed E-state index contributed by atoms with van der Waals surface area (Å²) < 4.78 is 16.1. The molecule has 3 atom stereocenters. The van der Waals surface area contributed by atoms with Crippen molar-refractivity contribution in [3.63, 3.8) is 0 Å². The summed E-state index contributed by atoms with van der Waals surface area (Å²) >= 11 is 0. The summed E-state index contributed by atoms with van der Waals surface area (Å²) in [6.07, 6.45) is 2.94. The molecule has 0 aromatic heterocycles. The Balaban J connectivity index is 2.15. The fourth-order valence-corrected chi connectivity index (χ4v) is 2.39. The molecule has 1 aromatic rings. The van der Waals surface area contributed by atoms with Crippen LogP contribution in [-0.4, -0.2) is 31.6 Å². The van der Waals surface area contributed by atoms with Crippen molar-refractivity contribution < 1.29 is 23.8 Å². The standard InChI is InChI=1S/C17H20O5/c1-11(18)15-8-9-16(22-17(15)10-21-12(2)19)13-4-6-14(20-3)7-5-13/h4-9,15-17H,10H2,1-3H3/t15-,16-,17+/m0/s1. The van der Waals surface area contributed by atoms with Crippen LogP contribution in [0.1, 0.15) is 25.5 Å². The molecule has 0 aliphatic carbocycles. The fourth-order valence-electron chi connectivity index (χ4n) is 2.39. The number of hydrogen-bond acceptors (Lipinski definition) is 5. The third-order valence-electron chi connectivity index (χ3n) is 3.58. The number of benzene rings is 1. The van der Waals surface area contributed by atoms with E-state index in [1.165, 1.54) is 13.8 Å². The van der Waals surface area contributed by atoms with Crippen molar-refractivity contribution in [1.29, 1.82) is 0 Å². The van der Waals surface area contributed by atoms with Crippen LogP contribution in [0.4, 0.5) is 0 Å². The maximum atomic E-state index is 11.7. The number of rotatable bonds is 5. The lowest BCUT2D eigenvalue weighted by molar-refractivity contribution is -0.151. The van der Waals surface area contributed by atoms with E-state index in [1.807, 2.05) is 36.4 Å². The number of methoxy groups -OCH3 is 1. The van der Waals surface area contributed by atoms with E-state index in [9.17, 15) is 9.59 Å². The molecule has 0 radical (unpaired) electrons. The van der Waals surface area contributed by atoms with E-state index in [1.54, 1.807) is 7.11 Å². The van der Waals surface area contributed by atoms with Crippen LogP contribution in [0, 0.1) is 5.92 Å². The second kappa shape index (κ2) is 7.22. The Morgan fingerprint density at radius 1 is 1.14 bits per heavy atom. The SMILES string of the molecule is COc1ccc([C@@H]2C=C[C@@H](C(C)=O)[C@@H](COC(C)=O)O2)cc1. The van der Waals surface area contributed by atoms with Gasteiger partial charge < -0.3 is 14.2 Å². The van der Waals surface area contributed by atoms with E-state index >= 15 is 0 Å². The summed E-state index contributed by atoms with van der Waals surface area (Å²) in [6, 6.07) is 7.52. The Morgan fingerprint density at radius 3 is 2.36 bits per heavy atom. The van der Waals surface area contributed by atoms with Crippen LogP contribution in [0.5, 0.6) is 5.75 Å². The Bertz CT molecular complexity index is 561. The van der Waals surface area contributed by atoms with Gasteiger partial charge in [-0.1, -0.05) is 24.3 Å². The zero-order chi connectivity index (χ0) is 16.1. The quantitative estimate of drug-likeness (QED) is 0.617. The van der Waals surface area contributed by atoms with Crippen molar-refractivity contribution in [2.24, 2.45) is 5.92 Å². The van der Waals surface area contributed by atoms with E-state index in [0.717, 1.165) is 11.3 Å². The molecule has 0 spiro atoms. The number of ketones is 1. The molecule has 1 aromatic carbocycles. The second-order valence-electron chi connectivity index (χ2n) is 5.19. The highest BCUT2D eigenvalue weighted by molar-refractivity contribution is 5.81. The van der Waals surface area contributed by atoms with Crippen LogP contribution < -0.4 is 4.74 Å². The molecule has 0 saturated heterocycles. The van der Waals surface area contributed by atoms with Crippen LogP contribution in [0.2, 0.25) is 0 Å². The summed E-state index contributed by atoms with van der Waals surface area (Å²) in [6.45, 7) is 2.91. The number of esters is 1. The summed E-state index contributed by atoms with van der Waals surface area (Å²) in [7, 11) is 1.61. The Kier molecular flexibility index (Phi) is 5.33. The second-order valence-corrected chi connectivity index (χ2v) is 5.19. The third kappa shape index (κ3) is 3.95. The molecule has 5 nitrogen and oxygen atoms in total. The van der Waals surface area contributed by atoms with Crippen molar-refractivity contribution in [3.05, 3.63) is 42.0 Å². The molecule has 22 heavy (non-hydrogen) atoms. The van der Waals surface area contributed by atoms with Gasteiger partial charge in [0, 0.05) is 6.92 Å². The summed E-state index contributed by atoms with van der Waals surface area (Å²) in [5, 5.41) is 0. The number of carbonyl (C=O) groups is 2. The lowest BCUT2D eigenvalue weighted by atomic mass is 9.93. The van der Waals surface area contributed by atoms with Gasteiger partial charge in [0.1, 0.15) is 30.3 Å². The smallest absolute Gasteiger partial charge is 0.302 e. The predicted molar refractivity (Wildman–Crippen MR) is 80.6 cm³/mol. The maximum Gasteiger partial charge on any atom is 0.302 e. The minimum absolute atomic E-state index is 0.0124. The van der Waals surface area contributed by atoms with Gasteiger partial charge in [0.05, 0.1) is 13.0 Å². The van der Waals surface area contributed by atoms with Crippen molar-refractivity contribution in [3.8, 4) is 5.75 Å². The van der Waals surface area contributed by atoms with Crippen molar-refractivity contribution in [2.45, 2.75) is 26.1 Å². The fraction of sp³-hybridized carbons (Fsp3) is 0.412. The van der Waals surface area contributed by atoms with Gasteiger partial charge in [-0.25, -0.2) is 0 Å². The van der Waals surface area contributed by atoms with E-state index in [2.05, 4.69) is 0 Å². The molecule has 118 valence electrons. The molecule has 0 amide bonds. The number of carbonyl (C=O) groups excluding carboxylic acids is 2. The topological polar surface area (TPSA) is 61.8 Å². The number of Topliss-reactive ketones (excluding diaryl/α,β-unsaturated/α-hetero) is 1. The lowest BCUT2D eigenvalue weighted by Gasteiger charge is -2.31. The van der Waals surface area contributed by atoms with Gasteiger partial charge in [0.15, 0.2) is 0 Å². The first-order valence-electron chi connectivity index (χ1n) is 7.13. The molecule has 5 heteroatoms. The van der Waals surface area contributed by atoms with Crippen LogP contribution in [-0.2, 0) is 19.1 Å². The summed E-state index contributed by atoms with van der Waals surface area (Å²) in [5.74, 6) is -0.0292. The van der Waals surface area contributed by atoms with E-state index < -0.39 is 12.0 Å². The van der Waals surface area contributed by atoms with Gasteiger partial charge in [0.2, 0.25) is 0 Å². The van der Waals surface area contributed by atoms with Gasteiger partial charge in [-0.3, -0.25) is 9.59 Å². The largest absolute Gasteiger partial charge is 0.497 e. The maximum absolute atomic E-state index is 11.7. The van der Waals surface area contributed by atoms with Crippen molar-refractivity contribution >= 4 is 11.8 Å². The first-order chi connectivity index (χ1) is 10.5. The average molecular weight is 304 g/mol. The molecular formula is C17H20O5. The molecular weight excluding hydrogens is 284 g/mol. The van der Waals surface area contributed by atoms with Gasteiger partial charge >= 0.3 is 5.97 Å².